The summed E-state index contributed by atoms with van der Waals surface area (Å²) in [5.41, 5.74) is 7.06. The Labute approximate surface area is 311 Å². The molecule has 5 rings (SSSR count). The number of carbonyl (C=O) groups excluding carboxylic acids is 2. The molecule has 0 aliphatic rings. The van der Waals surface area contributed by atoms with E-state index in [9.17, 15) is 26.4 Å². The van der Waals surface area contributed by atoms with Gasteiger partial charge in [0.2, 0.25) is 0 Å². The van der Waals surface area contributed by atoms with Crippen molar-refractivity contribution in [1.29, 1.82) is 0 Å². The quantitative estimate of drug-likeness (QED) is 0.0894. The van der Waals surface area contributed by atoms with Crippen LogP contribution in [0.5, 0.6) is 23.0 Å². The molecule has 0 spiro atoms. The number of ether oxygens (including phenoxy) is 2. The van der Waals surface area contributed by atoms with Crippen molar-refractivity contribution in [2.45, 2.75) is 23.6 Å². The number of rotatable bonds is 14. The Morgan fingerprint density at radius 3 is 1.33 bits per heavy atom. The van der Waals surface area contributed by atoms with Gasteiger partial charge in [0.05, 0.1) is 26.6 Å². The van der Waals surface area contributed by atoms with Gasteiger partial charge in [-0.3, -0.25) is 9.59 Å². The van der Waals surface area contributed by atoms with E-state index < -0.39 is 32.1 Å². The van der Waals surface area contributed by atoms with E-state index in [4.69, 9.17) is 17.8 Å². The van der Waals surface area contributed by atoms with Crippen LogP contribution in [0.2, 0.25) is 0 Å². The van der Waals surface area contributed by atoms with Gasteiger partial charge in [-0.15, -0.1) is 0 Å². The van der Waals surface area contributed by atoms with Crippen LogP contribution < -0.4 is 28.7 Å². The summed E-state index contributed by atoms with van der Waals surface area (Å²) in [4.78, 5) is 29.5. The topological polar surface area (TPSA) is 201 Å². The lowest BCUT2D eigenvalue weighted by atomic mass is 10.2. The molecule has 4 aromatic carbocycles. The lowest BCUT2D eigenvalue weighted by Crippen LogP contribution is -2.23. The van der Waals surface area contributed by atoms with Gasteiger partial charge in [-0.25, -0.2) is 15.8 Å². The van der Waals surface area contributed by atoms with E-state index in [1.54, 1.807) is 24.3 Å². The minimum absolute atomic E-state index is 0.0166. The minimum Gasteiger partial charge on any atom is -0.493 e. The summed E-state index contributed by atoms with van der Waals surface area (Å²) < 4.78 is 72.0. The maximum Gasteiger partial charge on any atom is 0.339 e. The van der Waals surface area contributed by atoms with E-state index in [1.165, 1.54) is 106 Å². The number of hydrogen-bond acceptors (Lipinski definition) is 13. The molecule has 5 aromatic rings. The summed E-state index contributed by atoms with van der Waals surface area (Å²) >= 11 is 0. The summed E-state index contributed by atoms with van der Waals surface area (Å²) in [6.07, 6.45) is 2.58. The molecule has 0 atom stereocenters. The predicted octanol–water partition coefficient (Wildman–Crippen LogP) is 4.78. The molecule has 0 fully saturated rings. The Morgan fingerprint density at radius 2 is 0.963 bits per heavy atom. The van der Waals surface area contributed by atoms with Crippen molar-refractivity contribution in [2.24, 2.45) is 10.2 Å². The number of carbonyl (C=O) groups is 2. The molecule has 0 bridgehead atoms. The Hall–Kier alpha value is -6.59. The molecule has 54 heavy (non-hydrogen) atoms. The molecule has 1 aromatic heterocycles. The average molecular weight is 772 g/mol. The summed E-state index contributed by atoms with van der Waals surface area (Å²) in [6.45, 7) is 3.67. The molecule has 17 heteroatoms. The Balaban J connectivity index is 1.17. The van der Waals surface area contributed by atoms with Crippen molar-refractivity contribution in [3.8, 4) is 23.0 Å². The summed E-state index contributed by atoms with van der Waals surface area (Å²) in [6, 6.07) is 25.3. The number of aryl methyl sites for hydroxylation is 2. The van der Waals surface area contributed by atoms with Crippen LogP contribution in [0.4, 0.5) is 0 Å². The van der Waals surface area contributed by atoms with Crippen molar-refractivity contribution in [2.75, 3.05) is 14.2 Å². The van der Waals surface area contributed by atoms with E-state index >= 15 is 0 Å². The zero-order valence-corrected chi connectivity index (χ0v) is 30.8. The maximum absolute atomic E-state index is 12.7. The first kappa shape index (κ1) is 38.6. The van der Waals surface area contributed by atoms with Crippen molar-refractivity contribution >= 4 is 44.5 Å². The lowest BCUT2D eigenvalue weighted by Gasteiger charge is -2.11. The monoisotopic (exact) mass is 771 g/mol. The highest BCUT2D eigenvalue weighted by molar-refractivity contribution is 7.87. The lowest BCUT2D eigenvalue weighted by molar-refractivity contribution is 0.0945. The van der Waals surface area contributed by atoms with Crippen LogP contribution >= 0.6 is 0 Å². The third kappa shape index (κ3) is 9.84. The van der Waals surface area contributed by atoms with Crippen LogP contribution in [-0.2, 0) is 20.2 Å². The van der Waals surface area contributed by atoms with Gasteiger partial charge in [0.15, 0.2) is 23.0 Å². The van der Waals surface area contributed by atoms with E-state index in [-0.39, 0.29) is 44.2 Å². The Morgan fingerprint density at radius 1 is 0.574 bits per heavy atom. The number of amides is 2. The van der Waals surface area contributed by atoms with E-state index in [2.05, 4.69) is 26.0 Å². The van der Waals surface area contributed by atoms with Gasteiger partial charge in [0.1, 0.15) is 21.2 Å². The number of pyridine rings is 1. The number of aromatic nitrogens is 1. The second-order valence-electron chi connectivity index (χ2n) is 11.3. The zero-order chi connectivity index (χ0) is 38.9. The second-order valence-corrected chi connectivity index (χ2v) is 14.4. The van der Waals surface area contributed by atoms with E-state index in [1.807, 2.05) is 13.8 Å². The van der Waals surface area contributed by atoms with Gasteiger partial charge in [0.25, 0.3) is 11.8 Å². The van der Waals surface area contributed by atoms with Gasteiger partial charge < -0.3 is 17.8 Å². The van der Waals surface area contributed by atoms with Crippen LogP contribution in [0.25, 0.3) is 0 Å². The molecule has 0 aliphatic heterocycles. The van der Waals surface area contributed by atoms with Crippen molar-refractivity contribution in [3.05, 3.63) is 137 Å². The highest BCUT2D eigenvalue weighted by Gasteiger charge is 2.21. The third-order valence-electron chi connectivity index (χ3n) is 7.37. The third-order valence-corrected chi connectivity index (χ3v) is 9.86. The van der Waals surface area contributed by atoms with Crippen LogP contribution in [0.15, 0.2) is 123 Å². The smallest absolute Gasteiger partial charge is 0.339 e. The number of hydrazone groups is 2. The van der Waals surface area contributed by atoms with Crippen molar-refractivity contribution < 1.29 is 44.3 Å². The largest absolute Gasteiger partial charge is 0.493 e. The number of methoxy groups -OCH3 is 2. The standard InChI is InChI=1S/C37H33N5O10S2/c1-24-8-14-28(15-9-24)53(45,46)51-32-18-12-26(20-34(32)49-3)22-38-41-36(43)30-6-5-7-31(40-30)37(44)42-39-23-27-13-19-33(35(21-27)50-4)52-54(47,48)29-16-10-25(2)11-17-29/h5-23H,1-4H3,(H,41,43)(H,42,44). The number of hydrogen-bond donors (Lipinski definition) is 2. The molecule has 0 saturated heterocycles. The maximum atomic E-state index is 12.7. The summed E-state index contributed by atoms with van der Waals surface area (Å²) in [5, 5.41) is 7.83. The summed E-state index contributed by atoms with van der Waals surface area (Å²) in [7, 11) is -5.55. The van der Waals surface area contributed by atoms with Gasteiger partial charge >= 0.3 is 20.2 Å². The van der Waals surface area contributed by atoms with Crippen LogP contribution in [-0.4, -0.2) is 60.3 Å². The Kier molecular flexibility index (Phi) is 12.0. The Bertz CT molecular complexity index is 2280. The van der Waals surface area contributed by atoms with Crippen molar-refractivity contribution in [3.63, 3.8) is 0 Å². The molecule has 2 N–H and O–H groups in total. The first-order chi connectivity index (χ1) is 25.8. The number of benzene rings is 4. The normalized spacial score (nSPS) is 11.6. The first-order valence-electron chi connectivity index (χ1n) is 15.8. The van der Waals surface area contributed by atoms with Crippen LogP contribution in [0, 0.1) is 13.8 Å². The van der Waals surface area contributed by atoms with Gasteiger partial charge in [-0.1, -0.05) is 41.5 Å². The molecule has 0 unspecified atom stereocenters. The first-order valence-corrected chi connectivity index (χ1v) is 18.6. The fraction of sp³-hybridized carbons (Fsp3) is 0.108. The highest BCUT2D eigenvalue weighted by Crippen LogP contribution is 2.32. The van der Waals surface area contributed by atoms with Crippen molar-refractivity contribution in [1.82, 2.24) is 15.8 Å². The minimum atomic E-state index is -4.12. The molecule has 0 aliphatic carbocycles. The molecule has 15 nitrogen and oxygen atoms in total. The molecule has 0 radical (unpaired) electrons. The predicted molar refractivity (Wildman–Crippen MR) is 198 cm³/mol. The zero-order valence-electron chi connectivity index (χ0n) is 29.2. The van der Waals surface area contributed by atoms with Crippen LogP contribution in [0.3, 0.4) is 0 Å². The SMILES string of the molecule is COc1cc(C=NNC(=O)c2cccc(C(=O)NN=Cc3ccc(OS(=O)(=O)c4ccc(C)cc4)c(OC)c3)n2)ccc1OS(=O)(=O)c1ccc(C)cc1. The fourth-order valence-corrected chi connectivity index (χ4v) is 6.42. The average Bonchev–Trinajstić information content (AvgIpc) is 3.16. The highest BCUT2D eigenvalue weighted by atomic mass is 32.2. The van der Waals surface area contributed by atoms with E-state index in [0.717, 1.165) is 11.1 Å². The fourth-order valence-electron chi connectivity index (χ4n) is 4.54. The molecular formula is C37H33N5O10S2. The molecule has 0 saturated carbocycles. The summed E-state index contributed by atoms with van der Waals surface area (Å²) in [5.74, 6) is -1.31. The second kappa shape index (κ2) is 16.8. The van der Waals surface area contributed by atoms with Crippen LogP contribution in [0.1, 0.15) is 43.2 Å². The molecule has 2 amide bonds. The molecular weight excluding hydrogens is 739 g/mol. The van der Waals surface area contributed by atoms with Gasteiger partial charge in [0, 0.05) is 0 Å². The van der Waals surface area contributed by atoms with Gasteiger partial charge in [-0.2, -0.15) is 27.0 Å². The molecule has 1 heterocycles. The number of nitrogens with one attached hydrogen (secondary N) is 2. The van der Waals surface area contributed by atoms with E-state index in [0.29, 0.717) is 11.1 Å². The molecule has 278 valence electrons. The number of nitrogens with zero attached hydrogens (tertiary/aromatic N) is 3. The van der Waals surface area contributed by atoms with Gasteiger partial charge in [-0.05, 0) is 97.8 Å².